The van der Waals surface area contributed by atoms with E-state index in [1.807, 2.05) is 0 Å². The summed E-state index contributed by atoms with van der Waals surface area (Å²) < 4.78 is 34.2. The van der Waals surface area contributed by atoms with Crippen molar-refractivity contribution in [3.05, 3.63) is 29.8 Å². The quantitative estimate of drug-likeness (QED) is 0.458. The maximum Gasteiger partial charge on any atom is 0.387 e. The Morgan fingerprint density at radius 1 is 1.23 bits per heavy atom. The van der Waals surface area contributed by atoms with E-state index in [9.17, 15) is 18.4 Å². The smallest absolute Gasteiger partial charge is 0.387 e. The van der Waals surface area contributed by atoms with E-state index >= 15 is 0 Å². The topological polar surface area (TPSA) is 67.9 Å². The average Bonchev–Trinajstić information content (AvgIpc) is 2.75. The first-order valence-electron chi connectivity index (χ1n) is 10.3. The first kappa shape index (κ1) is 23.6. The van der Waals surface area contributed by atoms with Crippen LogP contribution in [0, 0.1) is 5.92 Å². The Labute approximate surface area is 176 Å². The molecule has 1 heterocycles. The summed E-state index contributed by atoms with van der Waals surface area (Å²) in [6.45, 7) is 0.944. The molecule has 166 valence electrons. The highest BCUT2D eigenvalue weighted by atomic mass is 19.3. The molecule has 1 aromatic carbocycles. The molecule has 30 heavy (non-hydrogen) atoms. The molecule has 1 aliphatic heterocycles. The van der Waals surface area contributed by atoms with Gasteiger partial charge in [-0.2, -0.15) is 8.78 Å². The predicted molar refractivity (Wildman–Crippen MR) is 110 cm³/mol. The van der Waals surface area contributed by atoms with E-state index in [-0.39, 0.29) is 29.2 Å². The molecule has 0 aliphatic carbocycles. The van der Waals surface area contributed by atoms with Gasteiger partial charge >= 0.3 is 6.61 Å². The third kappa shape index (κ3) is 7.31. The number of methoxy groups -OCH3 is 1. The molecule has 0 saturated carbocycles. The van der Waals surface area contributed by atoms with Crippen molar-refractivity contribution < 1.29 is 27.8 Å². The Balaban J connectivity index is 1.84. The van der Waals surface area contributed by atoms with Gasteiger partial charge in [-0.3, -0.25) is 9.59 Å². The lowest BCUT2D eigenvalue weighted by Crippen LogP contribution is -2.42. The van der Waals surface area contributed by atoms with Crippen molar-refractivity contribution in [2.45, 2.75) is 45.6 Å². The van der Waals surface area contributed by atoms with E-state index in [4.69, 9.17) is 4.74 Å². The summed E-state index contributed by atoms with van der Waals surface area (Å²) in [6, 6.07) is 4.47. The fraction of sp³-hybridized carbons (Fsp3) is 0.545. The van der Waals surface area contributed by atoms with Crippen molar-refractivity contribution in [1.82, 2.24) is 10.2 Å². The highest BCUT2D eigenvalue weighted by Gasteiger charge is 2.26. The Morgan fingerprint density at radius 3 is 2.60 bits per heavy atom. The first-order chi connectivity index (χ1) is 14.4. The molecule has 1 aromatic rings. The van der Waals surface area contributed by atoms with Gasteiger partial charge in [-0.1, -0.05) is 25.8 Å². The van der Waals surface area contributed by atoms with Crippen LogP contribution in [0.1, 0.15) is 44.6 Å². The minimum absolute atomic E-state index is 0.0497. The number of alkyl halides is 2. The lowest BCUT2D eigenvalue weighted by Gasteiger charge is -2.30. The summed E-state index contributed by atoms with van der Waals surface area (Å²) in [7, 11) is 1.36. The summed E-state index contributed by atoms with van der Waals surface area (Å²) in [4.78, 5) is 26.4. The van der Waals surface area contributed by atoms with Crippen LogP contribution in [0.25, 0.3) is 6.08 Å². The maximum absolute atomic E-state index is 12.4. The van der Waals surface area contributed by atoms with E-state index in [2.05, 4.69) is 17.0 Å². The van der Waals surface area contributed by atoms with Gasteiger partial charge in [-0.05, 0) is 43.0 Å². The highest BCUT2D eigenvalue weighted by Crippen LogP contribution is 2.30. The van der Waals surface area contributed by atoms with Gasteiger partial charge in [0.05, 0.1) is 7.11 Å². The molecule has 6 nitrogen and oxygen atoms in total. The average molecular weight is 424 g/mol. The number of likely N-dealkylation sites (tertiary alicyclic amines) is 1. The lowest BCUT2D eigenvalue weighted by atomic mass is 9.95. The Kier molecular flexibility index (Phi) is 9.57. The van der Waals surface area contributed by atoms with Crippen LogP contribution in [0.15, 0.2) is 24.3 Å². The summed E-state index contributed by atoms with van der Waals surface area (Å²) in [5, 5.41) is 2.98. The van der Waals surface area contributed by atoms with Crippen LogP contribution in [-0.2, 0) is 9.59 Å². The van der Waals surface area contributed by atoms with E-state index in [1.54, 1.807) is 17.0 Å². The Bertz CT molecular complexity index is 732. The monoisotopic (exact) mass is 424 g/mol. The molecule has 1 N–H and O–H groups in total. The molecule has 1 fully saturated rings. The number of nitrogens with one attached hydrogen (secondary N) is 1. The predicted octanol–water partition coefficient (Wildman–Crippen LogP) is 3.85. The van der Waals surface area contributed by atoms with Gasteiger partial charge < -0.3 is 19.7 Å². The van der Waals surface area contributed by atoms with Gasteiger partial charge in [0.2, 0.25) is 11.8 Å². The zero-order chi connectivity index (χ0) is 21.9. The second kappa shape index (κ2) is 12.1. The van der Waals surface area contributed by atoms with Gasteiger partial charge in [-0.25, -0.2) is 0 Å². The van der Waals surface area contributed by atoms with Crippen LogP contribution < -0.4 is 14.8 Å². The molecule has 0 aromatic heterocycles. The Hall–Kier alpha value is -2.64. The van der Waals surface area contributed by atoms with Gasteiger partial charge in [0.15, 0.2) is 11.5 Å². The number of unbranched alkanes of at least 4 members (excludes halogenated alkanes) is 2. The van der Waals surface area contributed by atoms with Crippen molar-refractivity contribution in [2.75, 3.05) is 26.7 Å². The molecule has 0 unspecified atom stereocenters. The van der Waals surface area contributed by atoms with Crippen LogP contribution in [0.2, 0.25) is 0 Å². The third-order valence-electron chi connectivity index (χ3n) is 5.08. The molecule has 0 bridgehead atoms. The fourth-order valence-electron chi connectivity index (χ4n) is 3.35. The molecule has 0 radical (unpaired) electrons. The maximum atomic E-state index is 12.4. The summed E-state index contributed by atoms with van der Waals surface area (Å²) in [5.41, 5.74) is 0.628. The third-order valence-corrected chi connectivity index (χ3v) is 5.08. The van der Waals surface area contributed by atoms with Crippen LogP contribution in [-0.4, -0.2) is 50.1 Å². The van der Waals surface area contributed by atoms with Gasteiger partial charge in [0.25, 0.3) is 0 Å². The molecule has 2 rings (SSSR count). The Morgan fingerprint density at radius 2 is 1.97 bits per heavy atom. The summed E-state index contributed by atoms with van der Waals surface area (Å²) in [6.07, 6.45) is 7.54. The van der Waals surface area contributed by atoms with E-state index in [1.165, 1.54) is 25.3 Å². The summed E-state index contributed by atoms with van der Waals surface area (Å²) >= 11 is 0. The molecule has 0 atom stereocenters. The number of benzene rings is 1. The molecule has 1 aliphatic rings. The minimum atomic E-state index is -2.94. The van der Waals surface area contributed by atoms with E-state index < -0.39 is 6.61 Å². The van der Waals surface area contributed by atoms with Crippen LogP contribution in [0.4, 0.5) is 8.78 Å². The second-order valence-corrected chi connectivity index (χ2v) is 7.22. The van der Waals surface area contributed by atoms with Gasteiger partial charge in [0, 0.05) is 31.6 Å². The molecular formula is C22H30F2N2O4. The number of rotatable bonds is 10. The zero-order valence-electron chi connectivity index (χ0n) is 17.5. The number of amides is 2. The fourth-order valence-corrected chi connectivity index (χ4v) is 3.35. The number of carbonyl (C=O) groups is 2. The number of carbonyl (C=O) groups excluding carboxylic acids is 2. The number of nitrogens with zero attached hydrogens (tertiary/aromatic N) is 1. The van der Waals surface area contributed by atoms with Crippen molar-refractivity contribution in [1.29, 1.82) is 0 Å². The number of halogens is 2. The zero-order valence-corrected chi connectivity index (χ0v) is 17.5. The van der Waals surface area contributed by atoms with Crippen LogP contribution >= 0.6 is 0 Å². The number of hydrogen-bond donors (Lipinski definition) is 1. The van der Waals surface area contributed by atoms with Crippen LogP contribution in [0.5, 0.6) is 11.5 Å². The SMILES string of the molecule is CCCCCNC(=O)C1CCN(C(=O)/C=C/c2ccc(OC(F)F)c(OC)c2)CC1. The first-order valence-corrected chi connectivity index (χ1v) is 10.3. The number of ether oxygens (including phenoxy) is 2. The second-order valence-electron chi connectivity index (χ2n) is 7.22. The molecule has 0 spiro atoms. The summed E-state index contributed by atoms with van der Waals surface area (Å²) in [5.74, 6) is -0.0244. The number of piperidine rings is 1. The molecule has 1 saturated heterocycles. The minimum Gasteiger partial charge on any atom is -0.493 e. The van der Waals surface area contributed by atoms with E-state index in [0.29, 0.717) is 38.0 Å². The normalized spacial score (nSPS) is 14.9. The number of hydrogen-bond acceptors (Lipinski definition) is 4. The molecule has 8 heteroatoms. The van der Waals surface area contributed by atoms with Crippen molar-refractivity contribution in [3.63, 3.8) is 0 Å². The van der Waals surface area contributed by atoms with Crippen LogP contribution in [0.3, 0.4) is 0 Å². The van der Waals surface area contributed by atoms with Crippen molar-refractivity contribution in [2.24, 2.45) is 5.92 Å². The van der Waals surface area contributed by atoms with Crippen molar-refractivity contribution in [3.8, 4) is 11.5 Å². The lowest BCUT2D eigenvalue weighted by molar-refractivity contribution is -0.132. The van der Waals surface area contributed by atoms with Gasteiger partial charge in [0.1, 0.15) is 0 Å². The van der Waals surface area contributed by atoms with E-state index in [0.717, 1.165) is 19.3 Å². The molecular weight excluding hydrogens is 394 g/mol. The van der Waals surface area contributed by atoms with Crippen molar-refractivity contribution >= 4 is 17.9 Å². The standard InChI is InChI=1S/C22H30F2N2O4/c1-3-4-5-12-25-21(28)17-10-13-26(14-11-17)20(27)9-7-16-6-8-18(30-22(23)24)19(15-16)29-2/h6-9,15,17,22H,3-5,10-14H2,1-2H3,(H,25,28)/b9-7+. The van der Waals surface area contributed by atoms with Gasteiger partial charge in [-0.15, -0.1) is 0 Å². The molecule has 2 amide bonds. The highest BCUT2D eigenvalue weighted by molar-refractivity contribution is 5.92. The largest absolute Gasteiger partial charge is 0.493 e.